The molecule has 1 radical (unpaired) electrons. The van der Waals surface area contributed by atoms with Gasteiger partial charge in [-0.05, 0) is 12.8 Å². The number of rotatable bonds is 1. The number of carboxylic acids is 1. The molecule has 0 spiro atoms. The van der Waals surface area contributed by atoms with E-state index in [-0.39, 0.29) is 38.0 Å². The maximum Gasteiger partial charge on any atom is 0.307 e. The van der Waals surface area contributed by atoms with Crippen molar-refractivity contribution in [1.82, 2.24) is 0 Å². The summed E-state index contributed by atoms with van der Waals surface area (Å²) in [5.74, 6) is -0.796. The molecule has 0 aliphatic heterocycles. The van der Waals surface area contributed by atoms with Crippen molar-refractivity contribution in [1.29, 1.82) is 0 Å². The van der Waals surface area contributed by atoms with Gasteiger partial charge >= 0.3 is 5.97 Å². The minimum atomic E-state index is -0.651. The minimum Gasteiger partial charge on any atom is -0.481 e. The number of alkyl halides is 1. The molecule has 0 aromatic heterocycles. The first-order valence-corrected chi connectivity index (χ1v) is 4.50. The van der Waals surface area contributed by atoms with E-state index in [4.69, 9.17) is 5.11 Å². The van der Waals surface area contributed by atoms with Gasteiger partial charge in [-0.1, -0.05) is 28.8 Å². The van der Waals surface area contributed by atoms with Crippen LogP contribution in [0.2, 0.25) is 0 Å². The number of aliphatic carboxylic acids is 1. The molecule has 0 saturated heterocycles. The summed E-state index contributed by atoms with van der Waals surface area (Å²) in [5.41, 5.74) is 0. The Hall–Kier alpha value is 0.872. The predicted molar refractivity (Wildman–Crippen MR) is 48.1 cm³/mol. The third kappa shape index (κ3) is 3.40. The molecule has 1 saturated carbocycles. The summed E-state index contributed by atoms with van der Waals surface area (Å²) >= 11 is 3.37. The molecule has 1 rings (SSSR count). The number of halogens is 1. The van der Waals surface area contributed by atoms with Crippen LogP contribution in [0.1, 0.15) is 25.7 Å². The van der Waals surface area contributed by atoms with Gasteiger partial charge in [0.15, 0.2) is 0 Å². The summed E-state index contributed by atoms with van der Waals surface area (Å²) < 4.78 is 0. The van der Waals surface area contributed by atoms with E-state index in [0.29, 0.717) is 0 Å². The van der Waals surface area contributed by atoms with E-state index in [2.05, 4.69) is 15.9 Å². The fraction of sp³-hybridized carbons (Fsp3) is 0.857. The smallest absolute Gasteiger partial charge is 0.307 e. The van der Waals surface area contributed by atoms with Crippen LogP contribution in [0.3, 0.4) is 0 Å². The molecule has 4 heteroatoms. The SMILES string of the molecule is O=C(O)C1CCCCC1Br.[Tl]. The van der Waals surface area contributed by atoms with Crippen LogP contribution in [0, 0.1) is 5.92 Å². The first kappa shape index (κ1) is 11.9. The summed E-state index contributed by atoms with van der Waals surface area (Å²) in [6.07, 6.45) is 4.08. The number of carboxylic acid groups (broad SMARTS) is 1. The normalized spacial score (nSPS) is 30.6. The zero-order valence-electron chi connectivity index (χ0n) is 6.29. The molecule has 11 heavy (non-hydrogen) atoms. The van der Waals surface area contributed by atoms with E-state index in [9.17, 15) is 4.79 Å². The van der Waals surface area contributed by atoms with E-state index in [1.165, 1.54) is 6.42 Å². The van der Waals surface area contributed by atoms with Crippen molar-refractivity contribution in [3.05, 3.63) is 0 Å². The van der Waals surface area contributed by atoms with Crippen molar-refractivity contribution in [3.8, 4) is 0 Å². The van der Waals surface area contributed by atoms with Crippen molar-refractivity contribution in [2.24, 2.45) is 5.92 Å². The van der Waals surface area contributed by atoms with Gasteiger partial charge in [-0.3, -0.25) is 4.79 Å². The molecule has 1 fully saturated rings. The molecule has 2 nitrogen and oxygen atoms in total. The van der Waals surface area contributed by atoms with Crippen LogP contribution in [-0.4, -0.2) is 43.2 Å². The van der Waals surface area contributed by atoms with E-state index in [1.54, 1.807) is 0 Å². The Balaban J connectivity index is 0.000001000. The molecule has 0 bridgehead atoms. The summed E-state index contributed by atoms with van der Waals surface area (Å²) in [6, 6.07) is 0. The van der Waals surface area contributed by atoms with Crippen molar-refractivity contribution in [2.45, 2.75) is 30.5 Å². The van der Waals surface area contributed by atoms with Crippen LogP contribution in [0.4, 0.5) is 0 Å². The quantitative estimate of drug-likeness (QED) is 0.526. The maximum atomic E-state index is 10.5. The average Bonchev–Trinajstić information content (AvgIpc) is 1.88. The van der Waals surface area contributed by atoms with Crippen LogP contribution >= 0.6 is 15.9 Å². The Morgan fingerprint density at radius 1 is 1.36 bits per heavy atom. The Morgan fingerprint density at radius 3 is 2.27 bits per heavy atom. The van der Waals surface area contributed by atoms with Crippen LogP contribution in [0.25, 0.3) is 0 Å². The van der Waals surface area contributed by atoms with Crippen molar-refractivity contribution < 1.29 is 9.90 Å². The maximum absolute atomic E-state index is 10.5. The minimum absolute atomic E-state index is 0. The van der Waals surface area contributed by atoms with Gasteiger partial charge in [0.1, 0.15) is 0 Å². The first-order chi connectivity index (χ1) is 4.72. The summed E-state index contributed by atoms with van der Waals surface area (Å²) in [6.45, 7) is 0. The van der Waals surface area contributed by atoms with Gasteiger partial charge in [-0.2, -0.15) is 0 Å². The third-order valence-electron chi connectivity index (χ3n) is 2.00. The van der Waals surface area contributed by atoms with E-state index in [0.717, 1.165) is 19.3 Å². The molecule has 1 aliphatic rings. The summed E-state index contributed by atoms with van der Waals surface area (Å²) in [5, 5.41) is 8.68. The van der Waals surface area contributed by atoms with E-state index in [1.807, 2.05) is 0 Å². The largest absolute Gasteiger partial charge is 0.481 e. The van der Waals surface area contributed by atoms with Gasteiger partial charge in [-0.25, -0.2) is 0 Å². The molecule has 0 amide bonds. The van der Waals surface area contributed by atoms with Crippen LogP contribution in [0.5, 0.6) is 0 Å². The van der Waals surface area contributed by atoms with Gasteiger partial charge in [0.25, 0.3) is 0 Å². The van der Waals surface area contributed by atoms with Gasteiger partial charge < -0.3 is 5.11 Å². The van der Waals surface area contributed by atoms with Crippen LogP contribution in [0.15, 0.2) is 0 Å². The van der Waals surface area contributed by atoms with E-state index >= 15 is 0 Å². The number of carbonyl (C=O) groups is 1. The molecule has 1 N–H and O–H groups in total. The monoisotopic (exact) mass is 411 g/mol. The topological polar surface area (TPSA) is 37.3 Å². The van der Waals surface area contributed by atoms with Crippen LogP contribution < -0.4 is 0 Å². The number of hydrogen-bond donors (Lipinski definition) is 1. The molecule has 1 aliphatic carbocycles. The molecule has 61 valence electrons. The average molecular weight is 411 g/mol. The second-order valence-electron chi connectivity index (χ2n) is 2.75. The molecule has 2 unspecified atom stereocenters. The molecule has 0 aromatic rings. The zero-order chi connectivity index (χ0) is 7.56. The van der Waals surface area contributed by atoms with Gasteiger partial charge in [0, 0.05) is 32.1 Å². The van der Waals surface area contributed by atoms with Crippen LogP contribution in [-0.2, 0) is 4.79 Å². The first-order valence-electron chi connectivity index (χ1n) is 3.58. The molecule has 0 aromatic carbocycles. The molecular weight excluding hydrogens is 400 g/mol. The predicted octanol–water partition coefficient (Wildman–Crippen LogP) is 1.64. The molecule has 0 heterocycles. The standard InChI is InChI=1S/C7H11BrO2.Tl/c8-6-4-2-1-3-5(6)7(9)10;/h5-6H,1-4H2,(H,9,10);. The summed E-state index contributed by atoms with van der Waals surface area (Å²) in [7, 11) is 0. The zero-order valence-corrected chi connectivity index (χ0v) is 12.4. The van der Waals surface area contributed by atoms with Gasteiger partial charge in [0.05, 0.1) is 5.92 Å². The molecular formula is C7H11BrO2Tl. The van der Waals surface area contributed by atoms with Gasteiger partial charge in [0.2, 0.25) is 0 Å². The summed E-state index contributed by atoms with van der Waals surface area (Å²) in [4.78, 5) is 10.7. The second kappa shape index (κ2) is 5.51. The fourth-order valence-corrected chi connectivity index (χ4v) is 2.18. The second-order valence-corrected chi connectivity index (χ2v) is 3.92. The Labute approximate surface area is 95.0 Å². The van der Waals surface area contributed by atoms with Crippen molar-refractivity contribution in [3.63, 3.8) is 0 Å². The Kier molecular flexibility index (Phi) is 5.94. The third-order valence-corrected chi connectivity index (χ3v) is 3.09. The Bertz CT molecular complexity index is 140. The van der Waals surface area contributed by atoms with Gasteiger partial charge in [-0.15, -0.1) is 0 Å². The fourth-order valence-electron chi connectivity index (χ4n) is 1.36. The number of hydrogen-bond acceptors (Lipinski definition) is 1. The van der Waals surface area contributed by atoms with Crippen molar-refractivity contribution in [2.75, 3.05) is 0 Å². The Morgan fingerprint density at radius 2 is 1.91 bits per heavy atom. The molecule has 2 atom stereocenters. The van der Waals surface area contributed by atoms with Crippen molar-refractivity contribution >= 4 is 49.2 Å². The van der Waals surface area contributed by atoms with E-state index < -0.39 is 5.97 Å².